The number of aryl methyl sites for hydroxylation is 1. The van der Waals surface area contributed by atoms with Crippen molar-refractivity contribution in [2.45, 2.75) is 32.6 Å². The summed E-state index contributed by atoms with van der Waals surface area (Å²) in [6.07, 6.45) is 6.21. The van der Waals surface area contributed by atoms with Gasteiger partial charge in [0.15, 0.2) is 0 Å². The van der Waals surface area contributed by atoms with Crippen LogP contribution in [0.4, 0.5) is 5.69 Å². The van der Waals surface area contributed by atoms with E-state index >= 15 is 0 Å². The van der Waals surface area contributed by atoms with Crippen LogP contribution in [0.15, 0.2) is 36.5 Å². The van der Waals surface area contributed by atoms with Gasteiger partial charge in [0.25, 0.3) is 0 Å². The Morgan fingerprint density at radius 3 is 2.74 bits per heavy atom. The van der Waals surface area contributed by atoms with Crippen molar-refractivity contribution in [3.8, 4) is 11.3 Å². The molecule has 1 aliphatic rings. The molecule has 4 aromatic rings. The summed E-state index contributed by atoms with van der Waals surface area (Å²) in [6, 6.07) is 10.2. The van der Waals surface area contributed by atoms with Crippen molar-refractivity contribution in [1.82, 2.24) is 15.2 Å². The number of fused-ring (bicyclic) bond motifs is 4. The SMILES string of the molecule is CC(=N)c1c(N)ccc2nc(-c3ccc4[nH]ncc4c3)c3c(c12)CCCC3. The van der Waals surface area contributed by atoms with Crippen LogP contribution in [0.3, 0.4) is 0 Å². The van der Waals surface area contributed by atoms with Crippen molar-refractivity contribution in [3.63, 3.8) is 0 Å². The number of rotatable bonds is 2. The van der Waals surface area contributed by atoms with Gasteiger partial charge in [-0.2, -0.15) is 5.10 Å². The predicted octanol–water partition coefficient (Wildman–Crippen LogP) is 4.63. The van der Waals surface area contributed by atoms with E-state index in [0.717, 1.165) is 57.9 Å². The van der Waals surface area contributed by atoms with E-state index in [4.69, 9.17) is 16.1 Å². The van der Waals surface area contributed by atoms with Crippen LogP contribution in [0.1, 0.15) is 36.5 Å². The Kier molecular flexibility index (Phi) is 3.50. The molecule has 134 valence electrons. The lowest BCUT2D eigenvalue weighted by Crippen LogP contribution is -2.11. The number of nitrogens with one attached hydrogen (secondary N) is 2. The lowest BCUT2D eigenvalue weighted by Gasteiger charge is -2.23. The monoisotopic (exact) mass is 355 g/mol. The van der Waals surface area contributed by atoms with Gasteiger partial charge in [-0.05, 0) is 68.0 Å². The zero-order chi connectivity index (χ0) is 18.5. The molecule has 0 saturated carbocycles. The highest BCUT2D eigenvalue weighted by atomic mass is 15.1. The molecule has 1 aliphatic carbocycles. The van der Waals surface area contributed by atoms with Crippen LogP contribution >= 0.6 is 0 Å². The maximum atomic E-state index is 8.25. The van der Waals surface area contributed by atoms with Crippen LogP contribution in [-0.2, 0) is 12.8 Å². The normalized spacial score (nSPS) is 13.8. The lowest BCUT2D eigenvalue weighted by molar-refractivity contribution is 0.689. The summed E-state index contributed by atoms with van der Waals surface area (Å²) in [5.74, 6) is 0. The summed E-state index contributed by atoms with van der Waals surface area (Å²) >= 11 is 0. The van der Waals surface area contributed by atoms with Crippen molar-refractivity contribution < 1.29 is 0 Å². The average molecular weight is 355 g/mol. The molecule has 0 unspecified atom stereocenters. The van der Waals surface area contributed by atoms with E-state index in [1.807, 2.05) is 18.3 Å². The van der Waals surface area contributed by atoms with E-state index in [-0.39, 0.29) is 0 Å². The smallest absolute Gasteiger partial charge is 0.0744 e. The van der Waals surface area contributed by atoms with Crippen LogP contribution in [0, 0.1) is 5.41 Å². The average Bonchev–Trinajstić information content (AvgIpc) is 3.15. The molecule has 2 heterocycles. The van der Waals surface area contributed by atoms with Gasteiger partial charge in [0, 0.05) is 33.3 Å². The van der Waals surface area contributed by atoms with Crippen LogP contribution in [-0.4, -0.2) is 20.9 Å². The van der Waals surface area contributed by atoms with Gasteiger partial charge in [0.1, 0.15) is 0 Å². The zero-order valence-corrected chi connectivity index (χ0v) is 15.3. The predicted molar refractivity (Wildman–Crippen MR) is 110 cm³/mol. The molecule has 0 amide bonds. The Balaban J connectivity index is 1.86. The van der Waals surface area contributed by atoms with E-state index in [0.29, 0.717) is 11.4 Å². The van der Waals surface area contributed by atoms with Crippen molar-refractivity contribution in [2.75, 3.05) is 5.73 Å². The van der Waals surface area contributed by atoms with Crippen molar-refractivity contribution in [3.05, 3.63) is 53.2 Å². The zero-order valence-electron chi connectivity index (χ0n) is 15.3. The topological polar surface area (TPSA) is 91.4 Å². The number of hydrogen-bond donors (Lipinski definition) is 3. The van der Waals surface area contributed by atoms with Gasteiger partial charge in [-0.25, -0.2) is 4.98 Å². The van der Waals surface area contributed by atoms with Gasteiger partial charge in [-0.15, -0.1) is 0 Å². The lowest BCUT2D eigenvalue weighted by atomic mass is 9.84. The van der Waals surface area contributed by atoms with Gasteiger partial charge in [-0.1, -0.05) is 6.07 Å². The second kappa shape index (κ2) is 5.91. The molecular weight excluding hydrogens is 334 g/mol. The third kappa shape index (κ3) is 2.42. The molecular formula is C22H21N5. The quantitative estimate of drug-likeness (QED) is 0.362. The number of aromatic nitrogens is 3. The molecule has 0 radical (unpaired) electrons. The van der Waals surface area contributed by atoms with Gasteiger partial charge < -0.3 is 11.1 Å². The van der Waals surface area contributed by atoms with Crippen LogP contribution in [0.5, 0.6) is 0 Å². The Hall–Kier alpha value is -3.21. The summed E-state index contributed by atoms with van der Waals surface area (Å²) in [4.78, 5) is 5.05. The number of benzene rings is 2. The molecule has 2 aromatic heterocycles. The first-order valence-electron chi connectivity index (χ1n) is 9.36. The number of nitrogens with zero attached hydrogens (tertiary/aromatic N) is 2. The number of nitrogen functional groups attached to an aromatic ring is 1. The molecule has 2 aromatic carbocycles. The summed E-state index contributed by atoms with van der Waals surface area (Å²) in [7, 11) is 0. The summed E-state index contributed by atoms with van der Waals surface area (Å²) in [5, 5.41) is 17.6. The van der Waals surface area contributed by atoms with Crippen LogP contribution in [0.2, 0.25) is 0 Å². The Bertz CT molecular complexity index is 1220. The molecule has 0 fully saturated rings. The molecule has 4 N–H and O–H groups in total. The van der Waals surface area contributed by atoms with E-state index in [2.05, 4.69) is 28.4 Å². The summed E-state index contributed by atoms with van der Waals surface area (Å²) < 4.78 is 0. The largest absolute Gasteiger partial charge is 0.398 e. The third-order valence-corrected chi connectivity index (χ3v) is 5.59. The fraction of sp³-hybridized carbons (Fsp3) is 0.227. The van der Waals surface area contributed by atoms with Crippen molar-refractivity contribution in [1.29, 1.82) is 5.41 Å². The second-order valence-electron chi connectivity index (χ2n) is 7.35. The highest BCUT2D eigenvalue weighted by Crippen LogP contribution is 2.38. The maximum Gasteiger partial charge on any atom is 0.0744 e. The van der Waals surface area contributed by atoms with Crippen molar-refractivity contribution >= 4 is 33.2 Å². The van der Waals surface area contributed by atoms with E-state index in [9.17, 15) is 0 Å². The van der Waals surface area contributed by atoms with Crippen LogP contribution in [0.25, 0.3) is 33.1 Å². The van der Waals surface area contributed by atoms with E-state index in [1.165, 1.54) is 17.5 Å². The Labute approximate surface area is 157 Å². The third-order valence-electron chi connectivity index (χ3n) is 5.59. The molecule has 0 aliphatic heterocycles. The van der Waals surface area contributed by atoms with Gasteiger partial charge in [0.2, 0.25) is 0 Å². The van der Waals surface area contributed by atoms with Gasteiger partial charge in [0.05, 0.1) is 22.9 Å². The number of hydrogen-bond acceptors (Lipinski definition) is 4. The first kappa shape index (κ1) is 16.0. The molecule has 0 atom stereocenters. The van der Waals surface area contributed by atoms with Crippen LogP contribution < -0.4 is 5.73 Å². The molecule has 27 heavy (non-hydrogen) atoms. The van der Waals surface area contributed by atoms with Crippen molar-refractivity contribution in [2.24, 2.45) is 0 Å². The second-order valence-corrected chi connectivity index (χ2v) is 7.35. The van der Waals surface area contributed by atoms with Gasteiger partial charge >= 0.3 is 0 Å². The molecule has 5 heteroatoms. The minimum absolute atomic E-state index is 0.500. The fourth-order valence-corrected chi connectivity index (χ4v) is 4.37. The molecule has 5 rings (SSSR count). The molecule has 0 bridgehead atoms. The fourth-order valence-electron chi connectivity index (χ4n) is 4.37. The maximum absolute atomic E-state index is 8.25. The summed E-state index contributed by atoms with van der Waals surface area (Å²) in [6.45, 7) is 1.81. The van der Waals surface area contributed by atoms with Gasteiger partial charge in [-0.3, -0.25) is 5.10 Å². The Morgan fingerprint density at radius 1 is 1.11 bits per heavy atom. The number of H-pyrrole nitrogens is 1. The molecule has 0 spiro atoms. The number of nitrogens with two attached hydrogens (primary N) is 1. The summed E-state index contributed by atoms with van der Waals surface area (Å²) in [5.41, 5.74) is 15.0. The number of pyridine rings is 1. The first-order valence-corrected chi connectivity index (χ1v) is 9.36. The highest BCUT2D eigenvalue weighted by molar-refractivity contribution is 6.13. The van der Waals surface area contributed by atoms with E-state index < -0.39 is 0 Å². The minimum Gasteiger partial charge on any atom is -0.398 e. The standard InChI is InChI=1S/C22H21N5/c1-12(23)20-17(24)7-9-19-21(20)15-4-2-3-5-16(15)22(26-19)13-6-8-18-14(10-13)11-25-27-18/h6-11,23H,2-5,24H2,1H3,(H,25,27). The number of aromatic amines is 1. The first-order chi connectivity index (χ1) is 13.1. The van der Waals surface area contributed by atoms with E-state index in [1.54, 1.807) is 6.92 Å². The number of anilines is 1. The molecule has 0 saturated heterocycles. The minimum atomic E-state index is 0.500. The highest BCUT2D eigenvalue weighted by Gasteiger charge is 2.22. The molecule has 5 nitrogen and oxygen atoms in total. The Morgan fingerprint density at radius 2 is 1.93 bits per heavy atom.